The number of hydrogen-bond donors (Lipinski definition) is 0. The number of benzene rings is 2. The Balaban J connectivity index is 1.30. The van der Waals surface area contributed by atoms with Crippen molar-refractivity contribution < 1.29 is 14.3 Å². The minimum absolute atomic E-state index is 0.0434. The summed E-state index contributed by atoms with van der Waals surface area (Å²) in [5.41, 5.74) is 2.68. The lowest BCUT2D eigenvalue weighted by molar-refractivity contribution is -0.139. The highest BCUT2D eigenvalue weighted by Gasteiger charge is 2.35. The molecule has 3 aromatic rings. The molecule has 2 aromatic carbocycles. The molecule has 0 saturated carbocycles. The van der Waals surface area contributed by atoms with E-state index in [4.69, 9.17) is 4.74 Å². The van der Waals surface area contributed by atoms with Crippen LogP contribution in [0, 0.1) is 0 Å². The van der Waals surface area contributed by atoms with E-state index in [1.807, 2.05) is 58.2 Å². The maximum absolute atomic E-state index is 13.2. The predicted molar refractivity (Wildman–Crippen MR) is 130 cm³/mol. The molecule has 0 bridgehead atoms. The van der Waals surface area contributed by atoms with Crippen LogP contribution in [0.4, 0.5) is 5.69 Å². The van der Waals surface area contributed by atoms with Gasteiger partial charge < -0.3 is 14.5 Å². The molecule has 0 N–H and O–H groups in total. The van der Waals surface area contributed by atoms with Gasteiger partial charge in [-0.2, -0.15) is 5.10 Å². The zero-order valence-electron chi connectivity index (χ0n) is 19.0. The Hall–Kier alpha value is -3.87. The molecule has 0 radical (unpaired) electrons. The number of piperidine rings is 1. The van der Waals surface area contributed by atoms with Crippen molar-refractivity contribution in [2.24, 2.45) is 0 Å². The quantitative estimate of drug-likeness (QED) is 0.549. The molecule has 1 unspecified atom stereocenters. The average Bonchev–Trinajstić information content (AvgIpc) is 3.34. The van der Waals surface area contributed by atoms with Crippen molar-refractivity contribution in [3.8, 4) is 5.75 Å². The summed E-state index contributed by atoms with van der Waals surface area (Å²) in [5.74, 6) is 0.322. The lowest BCUT2D eigenvalue weighted by Crippen LogP contribution is -2.52. The number of anilines is 1. The van der Waals surface area contributed by atoms with Crippen molar-refractivity contribution in [2.45, 2.75) is 31.9 Å². The third-order valence-electron chi connectivity index (χ3n) is 6.24. The van der Waals surface area contributed by atoms with Crippen LogP contribution in [-0.2, 0) is 16.1 Å². The summed E-state index contributed by atoms with van der Waals surface area (Å²) in [4.78, 5) is 29.8. The summed E-state index contributed by atoms with van der Waals surface area (Å²) in [6.45, 7) is 2.37. The summed E-state index contributed by atoms with van der Waals surface area (Å²) in [6.07, 6.45) is 9.42. The summed E-state index contributed by atoms with van der Waals surface area (Å²) < 4.78 is 7.87. The molecule has 1 atom stereocenters. The van der Waals surface area contributed by atoms with Gasteiger partial charge in [0.05, 0.1) is 25.0 Å². The number of carbonyl (C=O) groups is 2. The zero-order valence-corrected chi connectivity index (χ0v) is 19.0. The van der Waals surface area contributed by atoms with Gasteiger partial charge in [-0.1, -0.05) is 42.5 Å². The first-order valence-corrected chi connectivity index (χ1v) is 11.8. The minimum atomic E-state index is -0.695. The number of amides is 2. The van der Waals surface area contributed by atoms with Crippen molar-refractivity contribution in [1.82, 2.24) is 14.7 Å². The summed E-state index contributed by atoms with van der Waals surface area (Å²) >= 11 is 0. The van der Waals surface area contributed by atoms with Crippen LogP contribution in [0.3, 0.4) is 0 Å². The van der Waals surface area contributed by atoms with E-state index in [1.165, 1.54) is 6.08 Å². The Labute approximate surface area is 199 Å². The molecular formula is C27H28N4O3. The Bertz CT molecular complexity index is 1180. The molecule has 34 heavy (non-hydrogen) atoms. The Morgan fingerprint density at radius 1 is 1.00 bits per heavy atom. The van der Waals surface area contributed by atoms with Gasteiger partial charge in [-0.15, -0.1) is 0 Å². The lowest BCUT2D eigenvalue weighted by atomic mass is 10.1. The standard InChI is InChI=1S/C27H28N4O3/c32-26(14-13-22-17-28-30(19-22)18-21-9-3-1-4-10-21)31-20-25(27(33)29-15-7-2-8-16-29)34-24-12-6-5-11-23(24)31/h1,3-6,9-14,17,19,25H,2,7-8,15-16,18,20H2/b14-13+. The molecule has 174 valence electrons. The second-order valence-corrected chi connectivity index (χ2v) is 8.70. The van der Waals surface area contributed by atoms with E-state index in [0.29, 0.717) is 18.0 Å². The first-order valence-electron chi connectivity index (χ1n) is 11.8. The SMILES string of the molecule is O=C(C1CN(C(=O)/C=C/c2cnn(Cc3ccccc3)c2)c2ccccc2O1)N1CCCCC1. The van der Waals surface area contributed by atoms with Gasteiger partial charge in [0.25, 0.3) is 11.8 Å². The second kappa shape index (κ2) is 9.95. The molecule has 0 spiro atoms. The lowest BCUT2D eigenvalue weighted by Gasteiger charge is -2.37. The topological polar surface area (TPSA) is 67.7 Å². The van der Waals surface area contributed by atoms with Gasteiger partial charge >= 0.3 is 0 Å². The maximum atomic E-state index is 13.2. The fraction of sp³-hybridized carbons (Fsp3) is 0.296. The third kappa shape index (κ3) is 4.88. The number of likely N-dealkylation sites (tertiary alicyclic amines) is 1. The van der Waals surface area contributed by atoms with Crippen LogP contribution < -0.4 is 9.64 Å². The van der Waals surface area contributed by atoms with E-state index < -0.39 is 6.10 Å². The maximum Gasteiger partial charge on any atom is 0.265 e. The molecule has 1 aromatic heterocycles. The van der Waals surface area contributed by atoms with E-state index in [-0.39, 0.29) is 18.4 Å². The predicted octanol–water partition coefficient (Wildman–Crippen LogP) is 3.75. The molecule has 7 heteroatoms. The van der Waals surface area contributed by atoms with E-state index in [0.717, 1.165) is 43.5 Å². The molecule has 2 amide bonds. The zero-order chi connectivity index (χ0) is 23.3. The Morgan fingerprint density at radius 3 is 2.59 bits per heavy atom. The Kier molecular flexibility index (Phi) is 6.42. The highest BCUT2D eigenvalue weighted by atomic mass is 16.5. The van der Waals surface area contributed by atoms with Crippen LogP contribution in [0.1, 0.15) is 30.4 Å². The highest BCUT2D eigenvalue weighted by molar-refractivity contribution is 6.05. The van der Waals surface area contributed by atoms with Crippen molar-refractivity contribution in [2.75, 3.05) is 24.5 Å². The fourth-order valence-electron chi connectivity index (χ4n) is 4.47. The molecule has 3 heterocycles. The van der Waals surface area contributed by atoms with Crippen LogP contribution in [0.25, 0.3) is 6.08 Å². The molecular weight excluding hydrogens is 428 g/mol. The monoisotopic (exact) mass is 456 g/mol. The first-order chi connectivity index (χ1) is 16.7. The number of para-hydroxylation sites is 2. The minimum Gasteiger partial charge on any atom is -0.476 e. The van der Waals surface area contributed by atoms with Gasteiger partial charge in [0.1, 0.15) is 5.75 Å². The van der Waals surface area contributed by atoms with E-state index in [1.54, 1.807) is 17.2 Å². The number of carbonyl (C=O) groups excluding carboxylic acids is 2. The number of nitrogens with zero attached hydrogens (tertiary/aromatic N) is 4. The van der Waals surface area contributed by atoms with Gasteiger partial charge in [0.2, 0.25) is 0 Å². The van der Waals surface area contributed by atoms with Gasteiger partial charge in [-0.3, -0.25) is 14.3 Å². The van der Waals surface area contributed by atoms with Crippen molar-refractivity contribution >= 4 is 23.6 Å². The number of ether oxygens (including phenoxy) is 1. The number of hydrogen-bond acceptors (Lipinski definition) is 4. The van der Waals surface area contributed by atoms with E-state index >= 15 is 0 Å². The molecule has 2 aliphatic heterocycles. The van der Waals surface area contributed by atoms with Gasteiger partial charge in [0, 0.05) is 30.9 Å². The third-order valence-corrected chi connectivity index (χ3v) is 6.24. The number of aromatic nitrogens is 2. The van der Waals surface area contributed by atoms with E-state index in [2.05, 4.69) is 17.2 Å². The van der Waals surface area contributed by atoms with Crippen molar-refractivity contribution in [3.05, 3.63) is 84.2 Å². The molecule has 5 rings (SSSR count). The summed E-state index contributed by atoms with van der Waals surface area (Å²) in [6, 6.07) is 17.5. The van der Waals surface area contributed by atoms with Crippen LogP contribution in [-0.4, -0.2) is 52.2 Å². The smallest absolute Gasteiger partial charge is 0.265 e. The largest absolute Gasteiger partial charge is 0.476 e. The van der Waals surface area contributed by atoms with Crippen molar-refractivity contribution in [1.29, 1.82) is 0 Å². The van der Waals surface area contributed by atoms with Crippen LogP contribution in [0.2, 0.25) is 0 Å². The molecule has 0 aliphatic carbocycles. The van der Waals surface area contributed by atoms with E-state index in [9.17, 15) is 9.59 Å². The van der Waals surface area contributed by atoms with Gasteiger partial charge in [-0.25, -0.2) is 0 Å². The van der Waals surface area contributed by atoms with Gasteiger partial charge in [-0.05, 0) is 43.0 Å². The molecule has 2 aliphatic rings. The molecule has 7 nitrogen and oxygen atoms in total. The molecule has 1 fully saturated rings. The van der Waals surface area contributed by atoms with Crippen LogP contribution in [0.15, 0.2) is 73.1 Å². The first kappa shape index (κ1) is 21.9. The summed E-state index contributed by atoms with van der Waals surface area (Å²) in [7, 11) is 0. The Morgan fingerprint density at radius 2 is 1.76 bits per heavy atom. The van der Waals surface area contributed by atoms with Crippen molar-refractivity contribution in [3.63, 3.8) is 0 Å². The van der Waals surface area contributed by atoms with Crippen LogP contribution >= 0.6 is 0 Å². The summed E-state index contributed by atoms with van der Waals surface area (Å²) in [5, 5.41) is 4.40. The normalized spacial score (nSPS) is 17.9. The number of fused-ring (bicyclic) bond motifs is 1. The highest BCUT2D eigenvalue weighted by Crippen LogP contribution is 2.34. The average molecular weight is 457 g/mol. The fourth-order valence-corrected chi connectivity index (χ4v) is 4.47. The second-order valence-electron chi connectivity index (χ2n) is 8.70. The van der Waals surface area contributed by atoms with Crippen LogP contribution in [0.5, 0.6) is 5.75 Å². The number of rotatable bonds is 5. The molecule has 1 saturated heterocycles. The van der Waals surface area contributed by atoms with Gasteiger partial charge in [0.15, 0.2) is 6.10 Å².